The number of likely N-dealkylation sites (N-methyl/N-ethyl adjacent to an activating group) is 1. The second-order valence-electron chi connectivity index (χ2n) is 7.79. The Balaban J connectivity index is 1.54. The van der Waals surface area contributed by atoms with Crippen molar-refractivity contribution in [2.75, 3.05) is 44.6 Å². The van der Waals surface area contributed by atoms with E-state index in [9.17, 15) is 18.0 Å². The Morgan fingerprint density at radius 3 is 2.41 bits per heavy atom. The van der Waals surface area contributed by atoms with Crippen LogP contribution in [0, 0.1) is 6.92 Å². The standard InChI is InChI=1S/C23H30N4O4S/c1-3-26-12-14-27(15-13-26)32(30,31)21-9-5-8-20(17-21)25-22(28)10-11-24-23(29)19-7-4-6-18(2)16-19/h4-9,16-17H,3,10-15H2,1-2H3,(H,24,29)(H,25,28). The van der Waals surface area contributed by atoms with Crippen LogP contribution in [0.5, 0.6) is 0 Å². The summed E-state index contributed by atoms with van der Waals surface area (Å²) in [6, 6.07) is 13.5. The van der Waals surface area contributed by atoms with Crippen LogP contribution in [0.2, 0.25) is 0 Å². The number of carbonyl (C=O) groups is 2. The van der Waals surface area contributed by atoms with E-state index >= 15 is 0 Å². The fourth-order valence-corrected chi connectivity index (χ4v) is 5.04. The van der Waals surface area contributed by atoms with Gasteiger partial charge in [-0.15, -0.1) is 0 Å². The molecule has 0 unspecified atom stereocenters. The highest BCUT2D eigenvalue weighted by molar-refractivity contribution is 7.89. The molecule has 0 radical (unpaired) electrons. The van der Waals surface area contributed by atoms with Crippen molar-refractivity contribution in [3.8, 4) is 0 Å². The minimum absolute atomic E-state index is 0.0769. The van der Waals surface area contributed by atoms with Gasteiger partial charge in [0.15, 0.2) is 0 Å². The van der Waals surface area contributed by atoms with Crippen LogP contribution in [0.15, 0.2) is 53.4 Å². The minimum Gasteiger partial charge on any atom is -0.352 e. The minimum atomic E-state index is -3.62. The second-order valence-corrected chi connectivity index (χ2v) is 9.73. The molecule has 2 aromatic carbocycles. The number of sulfonamides is 1. The number of nitrogens with one attached hydrogen (secondary N) is 2. The number of nitrogens with zero attached hydrogens (tertiary/aromatic N) is 2. The molecular formula is C23H30N4O4S. The van der Waals surface area contributed by atoms with Gasteiger partial charge in [0.2, 0.25) is 15.9 Å². The maximum Gasteiger partial charge on any atom is 0.251 e. The van der Waals surface area contributed by atoms with Crippen LogP contribution in [-0.4, -0.2) is 68.7 Å². The topological polar surface area (TPSA) is 98.8 Å². The number of piperazine rings is 1. The molecule has 0 saturated carbocycles. The summed E-state index contributed by atoms with van der Waals surface area (Å²) in [7, 11) is -3.62. The molecule has 2 N–H and O–H groups in total. The molecule has 1 aliphatic heterocycles. The van der Waals surface area contributed by atoms with Crippen LogP contribution in [0.1, 0.15) is 29.3 Å². The van der Waals surface area contributed by atoms with Crippen molar-refractivity contribution in [1.82, 2.24) is 14.5 Å². The maximum absolute atomic E-state index is 13.0. The monoisotopic (exact) mass is 458 g/mol. The zero-order valence-electron chi connectivity index (χ0n) is 18.5. The average molecular weight is 459 g/mol. The predicted octanol–water partition coefficient (Wildman–Crippen LogP) is 2.08. The lowest BCUT2D eigenvalue weighted by molar-refractivity contribution is -0.116. The van der Waals surface area contributed by atoms with Gasteiger partial charge in [-0.2, -0.15) is 4.31 Å². The summed E-state index contributed by atoms with van der Waals surface area (Å²) in [6.07, 6.45) is 0.0769. The van der Waals surface area contributed by atoms with E-state index in [-0.39, 0.29) is 29.7 Å². The summed E-state index contributed by atoms with van der Waals surface area (Å²) in [6.45, 7) is 7.37. The molecule has 172 valence electrons. The van der Waals surface area contributed by atoms with Crippen LogP contribution in [0.3, 0.4) is 0 Å². The lowest BCUT2D eigenvalue weighted by atomic mass is 10.1. The number of benzene rings is 2. The second kappa shape index (κ2) is 10.7. The SMILES string of the molecule is CCN1CCN(S(=O)(=O)c2cccc(NC(=O)CCNC(=O)c3cccc(C)c3)c2)CC1. The normalized spacial score (nSPS) is 15.3. The third-order valence-corrected chi connectivity index (χ3v) is 7.35. The quantitative estimate of drug-likeness (QED) is 0.631. The number of rotatable bonds is 8. The largest absolute Gasteiger partial charge is 0.352 e. The third kappa shape index (κ3) is 6.15. The summed E-state index contributed by atoms with van der Waals surface area (Å²) < 4.78 is 27.4. The fraction of sp³-hybridized carbons (Fsp3) is 0.391. The fourth-order valence-electron chi connectivity index (χ4n) is 3.57. The van der Waals surface area contributed by atoms with Crippen LogP contribution >= 0.6 is 0 Å². The van der Waals surface area contributed by atoms with E-state index < -0.39 is 10.0 Å². The zero-order valence-corrected chi connectivity index (χ0v) is 19.3. The first-order valence-corrected chi connectivity index (χ1v) is 12.2. The highest BCUT2D eigenvalue weighted by atomic mass is 32.2. The molecule has 1 saturated heterocycles. The molecule has 1 aliphatic rings. The van der Waals surface area contributed by atoms with Gasteiger partial charge < -0.3 is 15.5 Å². The van der Waals surface area contributed by atoms with Crippen molar-refractivity contribution >= 4 is 27.5 Å². The van der Waals surface area contributed by atoms with Gasteiger partial charge in [-0.25, -0.2) is 8.42 Å². The smallest absolute Gasteiger partial charge is 0.251 e. The van der Waals surface area contributed by atoms with E-state index in [1.165, 1.54) is 10.4 Å². The van der Waals surface area contributed by atoms with Gasteiger partial charge in [-0.3, -0.25) is 9.59 Å². The van der Waals surface area contributed by atoms with Crippen LogP contribution < -0.4 is 10.6 Å². The van der Waals surface area contributed by atoms with Crippen molar-refractivity contribution in [3.63, 3.8) is 0 Å². The Labute approximate surface area is 189 Å². The van der Waals surface area contributed by atoms with Crippen LogP contribution in [0.25, 0.3) is 0 Å². The Hall–Kier alpha value is -2.75. The molecule has 2 aromatic rings. The zero-order chi connectivity index (χ0) is 23.1. The van der Waals surface area contributed by atoms with Crippen LogP contribution in [0.4, 0.5) is 5.69 Å². The van der Waals surface area contributed by atoms with Crippen molar-refractivity contribution in [1.29, 1.82) is 0 Å². The Morgan fingerprint density at radius 1 is 1.00 bits per heavy atom. The molecular weight excluding hydrogens is 428 g/mol. The highest BCUT2D eigenvalue weighted by Crippen LogP contribution is 2.21. The van der Waals surface area contributed by atoms with E-state index in [0.29, 0.717) is 37.4 Å². The van der Waals surface area contributed by atoms with E-state index in [4.69, 9.17) is 0 Å². The summed E-state index contributed by atoms with van der Waals surface area (Å²) >= 11 is 0. The first-order valence-electron chi connectivity index (χ1n) is 10.8. The van der Waals surface area contributed by atoms with Gasteiger partial charge in [0.1, 0.15) is 0 Å². The van der Waals surface area contributed by atoms with E-state index in [1.54, 1.807) is 30.3 Å². The molecule has 0 spiro atoms. The number of aryl methyl sites for hydroxylation is 1. The molecule has 3 rings (SSSR count). The number of anilines is 1. The van der Waals surface area contributed by atoms with Crippen molar-refractivity contribution in [2.45, 2.75) is 25.2 Å². The molecule has 9 heteroatoms. The van der Waals surface area contributed by atoms with Crippen molar-refractivity contribution < 1.29 is 18.0 Å². The summed E-state index contributed by atoms with van der Waals surface area (Å²) in [5, 5.41) is 5.44. The number of hydrogen-bond acceptors (Lipinski definition) is 5. The van der Waals surface area contributed by atoms with Gasteiger partial charge in [0.25, 0.3) is 5.91 Å². The number of carbonyl (C=O) groups excluding carboxylic acids is 2. The van der Waals surface area contributed by atoms with Gasteiger partial charge in [-0.05, 0) is 43.8 Å². The summed E-state index contributed by atoms with van der Waals surface area (Å²) in [5.41, 5.74) is 1.94. The molecule has 0 atom stereocenters. The van der Waals surface area contributed by atoms with E-state index in [2.05, 4.69) is 22.5 Å². The Bertz CT molecular complexity index is 1060. The highest BCUT2D eigenvalue weighted by Gasteiger charge is 2.28. The average Bonchev–Trinajstić information content (AvgIpc) is 2.79. The predicted molar refractivity (Wildman–Crippen MR) is 124 cm³/mol. The van der Waals surface area contributed by atoms with Crippen molar-refractivity contribution in [2.24, 2.45) is 0 Å². The van der Waals surface area contributed by atoms with Gasteiger partial charge in [0, 0.05) is 50.4 Å². The van der Waals surface area contributed by atoms with Crippen LogP contribution in [-0.2, 0) is 14.8 Å². The van der Waals surface area contributed by atoms with E-state index in [1.807, 2.05) is 19.1 Å². The lowest BCUT2D eigenvalue weighted by Gasteiger charge is -2.33. The first kappa shape index (κ1) is 23.9. The number of hydrogen-bond donors (Lipinski definition) is 2. The molecule has 8 nitrogen and oxygen atoms in total. The molecule has 0 aliphatic carbocycles. The third-order valence-electron chi connectivity index (χ3n) is 5.45. The Kier molecular flexibility index (Phi) is 8.00. The molecule has 0 bridgehead atoms. The summed E-state index contributed by atoms with van der Waals surface area (Å²) in [4.78, 5) is 26.8. The van der Waals surface area contributed by atoms with E-state index in [0.717, 1.165) is 12.1 Å². The maximum atomic E-state index is 13.0. The molecule has 1 heterocycles. The van der Waals surface area contributed by atoms with Gasteiger partial charge in [-0.1, -0.05) is 30.7 Å². The first-order chi connectivity index (χ1) is 15.3. The van der Waals surface area contributed by atoms with Gasteiger partial charge in [0.05, 0.1) is 4.90 Å². The summed E-state index contributed by atoms with van der Waals surface area (Å²) in [5.74, 6) is -0.543. The molecule has 2 amide bonds. The molecule has 0 aromatic heterocycles. The van der Waals surface area contributed by atoms with Crippen molar-refractivity contribution in [3.05, 3.63) is 59.7 Å². The Morgan fingerprint density at radius 2 is 1.72 bits per heavy atom. The molecule has 1 fully saturated rings. The number of amides is 2. The molecule has 32 heavy (non-hydrogen) atoms. The lowest BCUT2D eigenvalue weighted by Crippen LogP contribution is -2.48. The van der Waals surface area contributed by atoms with Gasteiger partial charge >= 0.3 is 0 Å².